The Hall–Kier alpha value is -1.24. The van der Waals surface area contributed by atoms with Gasteiger partial charge in [-0.15, -0.1) is 0 Å². The molecule has 0 radical (unpaired) electrons. The Morgan fingerprint density at radius 1 is 0.950 bits per heavy atom. The van der Waals surface area contributed by atoms with E-state index in [1.54, 1.807) is 0 Å². The molecule has 0 amide bonds. The van der Waals surface area contributed by atoms with E-state index in [1.807, 2.05) is 0 Å². The van der Waals surface area contributed by atoms with Gasteiger partial charge in [0.1, 0.15) is 0 Å². The third-order valence-electron chi connectivity index (χ3n) is 2.75. The van der Waals surface area contributed by atoms with Crippen molar-refractivity contribution >= 4 is 0 Å². The fraction of sp³-hybridized carbons (Fsp3) is 0.538. The first-order valence-corrected chi connectivity index (χ1v) is 5.99. The molecule has 1 aromatic carbocycles. The molecule has 0 aliphatic rings. The maximum atomic E-state index is 12.3. The second kappa shape index (κ2) is 6.47. The predicted molar refractivity (Wildman–Crippen MR) is 61.1 cm³/mol. The molecule has 7 heteroatoms. The molecule has 0 spiro atoms. The van der Waals surface area contributed by atoms with Crippen LogP contribution in [0.4, 0.5) is 26.3 Å². The highest BCUT2D eigenvalue weighted by atomic mass is 19.4. The normalized spacial score (nSPS) is 14.3. The average molecular weight is 300 g/mol. The zero-order valence-corrected chi connectivity index (χ0v) is 10.4. The van der Waals surface area contributed by atoms with Crippen LogP contribution in [0.5, 0.6) is 0 Å². The average Bonchev–Trinajstić information content (AvgIpc) is 2.26. The van der Waals surface area contributed by atoms with E-state index in [9.17, 15) is 31.4 Å². The second-order valence-corrected chi connectivity index (χ2v) is 4.56. The zero-order valence-electron chi connectivity index (χ0n) is 10.4. The van der Waals surface area contributed by atoms with Crippen molar-refractivity contribution in [1.29, 1.82) is 0 Å². The van der Waals surface area contributed by atoms with Crippen molar-refractivity contribution in [3.63, 3.8) is 0 Å². The van der Waals surface area contributed by atoms with E-state index in [1.165, 1.54) is 12.1 Å². The van der Waals surface area contributed by atoms with Gasteiger partial charge in [0.15, 0.2) is 0 Å². The van der Waals surface area contributed by atoms with Crippen molar-refractivity contribution in [3.8, 4) is 0 Å². The molecule has 1 nitrogen and oxygen atoms in total. The topological polar surface area (TPSA) is 20.2 Å². The molecule has 0 bridgehead atoms. The van der Waals surface area contributed by atoms with Gasteiger partial charge >= 0.3 is 12.4 Å². The van der Waals surface area contributed by atoms with Gasteiger partial charge in [-0.2, -0.15) is 26.3 Å². The number of aliphatic hydroxyl groups is 1. The van der Waals surface area contributed by atoms with Crippen molar-refractivity contribution in [3.05, 3.63) is 35.4 Å². The van der Waals surface area contributed by atoms with E-state index in [-0.39, 0.29) is 19.3 Å². The first-order valence-electron chi connectivity index (χ1n) is 5.99. The summed E-state index contributed by atoms with van der Waals surface area (Å²) in [7, 11) is 0. The Morgan fingerprint density at radius 2 is 1.50 bits per heavy atom. The predicted octanol–water partition coefficient (Wildman–Crippen LogP) is 4.34. The summed E-state index contributed by atoms with van der Waals surface area (Å²) in [4.78, 5) is 0. The summed E-state index contributed by atoms with van der Waals surface area (Å²) in [6.45, 7) is 0. The lowest BCUT2D eigenvalue weighted by Crippen LogP contribution is -2.13. The lowest BCUT2D eigenvalue weighted by molar-refractivity contribution is -0.138. The Bertz CT molecular complexity index is 406. The lowest BCUT2D eigenvalue weighted by atomic mass is 10.0. The van der Waals surface area contributed by atoms with Crippen molar-refractivity contribution in [2.24, 2.45) is 0 Å². The van der Waals surface area contributed by atoms with Crippen LogP contribution in [0.3, 0.4) is 0 Å². The first kappa shape index (κ1) is 16.8. The minimum Gasteiger partial charge on any atom is -0.393 e. The van der Waals surface area contributed by atoms with E-state index < -0.39 is 30.4 Å². The highest BCUT2D eigenvalue weighted by Gasteiger charge is 2.30. The van der Waals surface area contributed by atoms with Crippen LogP contribution in [-0.4, -0.2) is 17.4 Å². The monoisotopic (exact) mass is 300 g/mol. The summed E-state index contributed by atoms with van der Waals surface area (Å²) in [6.07, 6.45) is -10.9. The van der Waals surface area contributed by atoms with Gasteiger partial charge in [0.05, 0.1) is 11.7 Å². The summed E-state index contributed by atoms with van der Waals surface area (Å²) in [6, 6.07) is 4.21. The van der Waals surface area contributed by atoms with Gasteiger partial charge in [0, 0.05) is 6.42 Å². The van der Waals surface area contributed by atoms with Gasteiger partial charge in [-0.25, -0.2) is 0 Å². The molecule has 1 unspecified atom stereocenters. The molecule has 1 aromatic rings. The third kappa shape index (κ3) is 6.27. The van der Waals surface area contributed by atoms with Crippen LogP contribution in [-0.2, 0) is 12.6 Å². The van der Waals surface area contributed by atoms with Gasteiger partial charge in [-0.1, -0.05) is 12.1 Å². The molecule has 0 aliphatic carbocycles. The molecule has 0 aliphatic heterocycles. The number of benzene rings is 1. The Kier molecular flexibility index (Phi) is 5.44. The summed E-state index contributed by atoms with van der Waals surface area (Å²) in [5.41, 5.74) is -0.342. The molecular weight excluding hydrogens is 286 g/mol. The molecular formula is C13H14F6O. The van der Waals surface area contributed by atoms with Crippen molar-refractivity contribution in [2.75, 3.05) is 0 Å². The largest absolute Gasteiger partial charge is 0.416 e. The molecule has 0 aromatic heterocycles. The van der Waals surface area contributed by atoms with Crippen LogP contribution >= 0.6 is 0 Å². The van der Waals surface area contributed by atoms with E-state index >= 15 is 0 Å². The quantitative estimate of drug-likeness (QED) is 0.802. The molecule has 0 heterocycles. The van der Waals surface area contributed by atoms with Gasteiger partial charge in [-0.3, -0.25) is 0 Å². The molecule has 20 heavy (non-hydrogen) atoms. The van der Waals surface area contributed by atoms with Gasteiger partial charge in [-0.05, 0) is 37.0 Å². The molecule has 1 rings (SSSR count). The minimum atomic E-state index is -4.43. The first-order chi connectivity index (χ1) is 9.08. The highest BCUT2D eigenvalue weighted by molar-refractivity contribution is 5.25. The third-order valence-corrected chi connectivity index (χ3v) is 2.75. The van der Waals surface area contributed by atoms with Crippen LogP contribution < -0.4 is 0 Å². The summed E-state index contributed by atoms with van der Waals surface area (Å²) in [5, 5.41) is 9.54. The van der Waals surface area contributed by atoms with Gasteiger partial charge in [0.25, 0.3) is 0 Å². The number of halogens is 6. The smallest absolute Gasteiger partial charge is 0.393 e. The summed E-state index contributed by atoms with van der Waals surface area (Å²) >= 11 is 0. The zero-order chi connectivity index (χ0) is 15.4. The van der Waals surface area contributed by atoms with E-state index in [0.29, 0.717) is 5.56 Å². The van der Waals surface area contributed by atoms with Crippen molar-refractivity contribution < 1.29 is 31.4 Å². The molecule has 0 fully saturated rings. The van der Waals surface area contributed by atoms with Gasteiger partial charge < -0.3 is 5.11 Å². The maximum absolute atomic E-state index is 12.3. The summed E-state index contributed by atoms with van der Waals surface area (Å²) < 4.78 is 72.6. The van der Waals surface area contributed by atoms with Crippen LogP contribution in [0.25, 0.3) is 0 Å². The summed E-state index contributed by atoms with van der Waals surface area (Å²) in [5.74, 6) is 0. The van der Waals surface area contributed by atoms with Crippen molar-refractivity contribution in [2.45, 2.75) is 44.1 Å². The van der Waals surface area contributed by atoms with Crippen LogP contribution in [0.15, 0.2) is 24.3 Å². The van der Waals surface area contributed by atoms with Crippen LogP contribution in [0, 0.1) is 0 Å². The van der Waals surface area contributed by atoms with E-state index in [2.05, 4.69) is 0 Å². The maximum Gasteiger partial charge on any atom is 0.416 e. The molecule has 1 N–H and O–H groups in total. The van der Waals surface area contributed by atoms with Crippen LogP contribution in [0.2, 0.25) is 0 Å². The fourth-order valence-corrected chi connectivity index (χ4v) is 1.74. The molecule has 0 saturated heterocycles. The SMILES string of the molecule is OC(CCCC(F)(F)F)Cc1ccc(C(F)(F)F)cc1. The molecule has 114 valence electrons. The second-order valence-electron chi connectivity index (χ2n) is 4.56. The number of aliphatic hydroxyl groups excluding tert-OH is 1. The Balaban J connectivity index is 2.44. The van der Waals surface area contributed by atoms with Crippen molar-refractivity contribution in [1.82, 2.24) is 0 Å². The highest BCUT2D eigenvalue weighted by Crippen LogP contribution is 2.29. The lowest BCUT2D eigenvalue weighted by Gasteiger charge is -2.12. The number of hydrogen-bond acceptors (Lipinski definition) is 1. The Morgan fingerprint density at radius 3 is 1.95 bits per heavy atom. The van der Waals surface area contributed by atoms with Crippen LogP contribution in [0.1, 0.15) is 30.4 Å². The molecule has 1 atom stereocenters. The number of alkyl halides is 6. The van der Waals surface area contributed by atoms with E-state index in [4.69, 9.17) is 0 Å². The number of hydrogen-bond donors (Lipinski definition) is 1. The Labute approximate surface area is 112 Å². The number of rotatable bonds is 5. The standard InChI is InChI=1S/C13H14F6O/c14-12(15,16)7-1-2-11(20)8-9-3-5-10(6-4-9)13(17,18)19/h3-6,11,20H,1-2,7-8H2. The van der Waals surface area contributed by atoms with E-state index in [0.717, 1.165) is 12.1 Å². The van der Waals surface area contributed by atoms with Gasteiger partial charge in [0.2, 0.25) is 0 Å². The minimum absolute atomic E-state index is 0.0377. The molecule has 0 saturated carbocycles. The fourth-order valence-electron chi connectivity index (χ4n) is 1.74.